The third kappa shape index (κ3) is 5.36. The maximum absolute atomic E-state index is 12.9. The summed E-state index contributed by atoms with van der Waals surface area (Å²) in [5.41, 5.74) is 2.41. The van der Waals surface area contributed by atoms with Crippen molar-refractivity contribution in [3.05, 3.63) is 65.5 Å². The lowest BCUT2D eigenvalue weighted by Crippen LogP contribution is -2.44. The average molecular weight is 397 g/mol. The largest absolute Gasteiger partial charge is 0.489 e. The first-order chi connectivity index (χ1) is 14.2. The number of carbonyl (C=O) groups excluding carboxylic acids is 1. The van der Waals surface area contributed by atoms with Crippen LogP contribution in [0.25, 0.3) is 0 Å². The number of halogens is 1. The Morgan fingerprint density at radius 1 is 1.00 bits per heavy atom. The zero-order chi connectivity index (χ0) is 20.1. The van der Waals surface area contributed by atoms with Gasteiger partial charge < -0.3 is 14.4 Å². The highest BCUT2D eigenvalue weighted by molar-refractivity contribution is 5.81. The van der Waals surface area contributed by atoms with E-state index in [0.717, 1.165) is 57.4 Å². The quantitative estimate of drug-likeness (QED) is 0.727. The number of rotatable bonds is 6. The molecule has 1 atom stereocenters. The van der Waals surface area contributed by atoms with Crippen LogP contribution >= 0.6 is 0 Å². The number of carbonyl (C=O) groups is 1. The van der Waals surface area contributed by atoms with Crippen molar-refractivity contribution in [2.45, 2.75) is 44.8 Å². The van der Waals surface area contributed by atoms with Crippen molar-refractivity contribution in [3.63, 3.8) is 0 Å². The Labute approximate surface area is 171 Å². The van der Waals surface area contributed by atoms with Crippen LogP contribution in [-0.2, 0) is 22.6 Å². The lowest BCUT2D eigenvalue weighted by atomic mass is 9.89. The molecule has 154 valence electrons. The number of piperidine rings is 1. The zero-order valence-corrected chi connectivity index (χ0v) is 16.7. The summed E-state index contributed by atoms with van der Waals surface area (Å²) in [6.45, 7) is 2.87. The van der Waals surface area contributed by atoms with E-state index in [2.05, 4.69) is 24.3 Å². The molecule has 0 aliphatic carbocycles. The SMILES string of the molecule is O=C(C1CCCO1)N1CCC(Cc2ccc(COc3ccc(F)cc3)cc2)CC1. The lowest BCUT2D eigenvalue weighted by Gasteiger charge is -2.33. The third-order valence-electron chi connectivity index (χ3n) is 5.90. The van der Waals surface area contributed by atoms with Gasteiger partial charge in [-0.1, -0.05) is 24.3 Å². The number of hydrogen-bond acceptors (Lipinski definition) is 3. The number of likely N-dealkylation sites (tertiary alicyclic amines) is 1. The Bertz CT molecular complexity index is 792. The Hall–Kier alpha value is -2.40. The van der Waals surface area contributed by atoms with Crippen LogP contribution < -0.4 is 4.74 Å². The van der Waals surface area contributed by atoms with E-state index in [9.17, 15) is 9.18 Å². The van der Waals surface area contributed by atoms with Gasteiger partial charge in [-0.15, -0.1) is 0 Å². The van der Waals surface area contributed by atoms with Crippen molar-refractivity contribution in [2.24, 2.45) is 5.92 Å². The first kappa shape index (κ1) is 19.9. The van der Waals surface area contributed by atoms with Crippen LogP contribution in [0, 0.1) is 11.7 Å². The Morgan fingerprint density at radius 3 is 2.34 bits per heavy atom. The van der Waals surface area contributed by atoms with Gasteiger partial charge in [0.05, 0.1) is 0 Å². The highest BCUT2D eigenvalue weighted by Crippen LogP contribution is 2.24. The summed E-state index contributed by atoms with van der Waals surface area (Å²) in [6.07, 6.45) is 4.81. The van der Waals surface area contributed by atoms with Crippen molar-refractivity contribution in [2.75, 3.05) is 19.7 Å². The van der Waals surface area contributed by atoms with E-state index in [1.807, 2.05) is 4.90 Å². The van der Waals surface area contributed by atoms with Gasteiger partial charge in [0.15, 0.2) is 0 Å². The second-order valence-corrected chi connectivity index (χ2v) is 8.03. The molecule has 0 radical (unpaired) electrons. The molecule has 2 fully saturated rings. The van der Waals surface area contributed by atoms with Gasteiger partial charge in [-0.2, -0.15) is 0 Å². The van der Waals surface area contributed by atoms with E-state index < -0.39 is 0 Å². The second-order valence-electron chi connectivity index (χ2n) is 8.03. The molecule has 0 bridgehead atoms. The van der Waals surface area contributed by atoms with Gasteiger partial charge in [0.2, 0.25) is 0 Å². The fourth-order valence-electron chi connectivity index (χ4n) is 4.14. The molecule has 4 rings (SSSR count). The number of amides is 1. The van der Waals surface area contributed by atoms with Gasteiger partial charge >= 0.3 is 0 Å². The predicted octanol–water partition coefficient (Wildman–Crippen LogP) is 4.36. The Kier molecular flexibility index (Phi) is 6.45. The maximum Gasteiger partial charge on any atom is 0.251 e. The molecule has 1 amide bonds. The van der Waals surface area contributed by atoms with Gasteiger partial charge in [0.25, 0.3) is 5.91 Å². The van der Waals surface area contributed by atoms with Crippen molar-refractivity contribution in [1.82, 2.24) is 4.90 Å². The monoisotopic (exact) mass is 397 g/mol. The number of hydrogen-bond donors (Lipinski definition) is 0. The van der Waals surface area contributed by atoms with Crippen LogP contribution in [0.15, 0.2) is 48.5 Å². The third-order valence-corrected chi connectivity index (χ3v) is 5.90. The number of ether oxygens (including phenoxy) is 2. The maximum atomic E-state index is 12.9. The molecule has 29 heavy (non-hydrogen) atoms. The molecule has 2 aliphatic heterocycles. The molecule has 0 spiro atoms. The molecule has 2 heterocycles. The smallest absolute Gasteiger partial charge is 0.251 e. The molecule has 2 saturated heterocycles. The number of nitrogens with zero attached hydrogens (tertiary/aromatic N) is 1. The predicted molar refractivity (Wildman–Crippen MR) is 109 cm³/mol. The summed E-state index contributed by atoms with van der Waals surface area (Å²) in [6, 6.07) is 14.6. The minimum Gasteiger partial charge on any atom is -0.489 e. The van der Waals surface area contributed by atoms with E-state index in [-0.39, 0.29) is 17.8 Å². The van der Waals surface area contributed by atoms with Crippen molar-refractivity contribution in [3.8, 4) is 5.75 Å². The van der Waals surface area contributed by atoms with E-state index in [1.165, 1.54) is 17.7 Å². The van der Waals surface area contributed by atoms with Crippen LogP contribution in [-0.4, -0.2) is 36.6 Å². The summed E-state index contributed by atoms with van der Waals surface area (Å²) >= 11 is 0. The summed E-state index contributed by atoms with van der Waals surface area (Å²) in [5, 5.41) is 0. The fourth-order valence-corrected chi connectivity index (χ4v) is 4.14. The standard InChI is InChI=1S/C24H28FNO3/c25-21-7-9-22(10-8-21)29-17-20-5-3-18(4-6-20)16-19-11-13-26(14-12-19)24(27)23-2-1-15-28-23/h3-10,19,23H,1-2,11-17H2. The molecule has 5 heteroatoms. The summed E-state index contributed by atoms with van der Waals surface area (Å²) < 4.78 is 24.2. The molecule has 0 N–H and O–H groups in total. The molecule has 2 aromatic rings. The van der Waals surface area contributed by atoms with Crippen LogP contribution in [0.4, 0.5) is 4.39 Å². The molecule has 0 aromatic heterocycles. The van der Waals surface area contributed by atoms with E-state index in [4.69, 9.17) is 9.47 Å². The normalized spacial score (nSPS) is 20.0. The average Bonchev–Trinajstić information content (AvgIpc) is 3.29. The molecular formula is C24H28FNO3. The van der Waals surface area contributed by atoms with Crippen LogP contribution in [0.3, 0.4) is 0 Å². The van der Waals surface area contributed by atoms with Gasteiger partial charge in [0.1, 0.15) is 24.3 Å². The van der Waals surface area contributed by atoms with Crippen molar-refractivity contribution in [1.29, 1.82) is 0 Å². The summed E-state index contributed by atoms with van der Waals surface area (Å²) in [4.78, 5) is 14.4. The first-order valence-electron chi connectivity index (χ1n) is 10.5. The Morgan fingerprint density at radius 2 is 1.69 bits per heavy atom. The minimum absolute atomic E-state index is 0.187. The lowest BCUT2D eigenvalue weighted by molar-refractivity contribution is -0.142. The summed E-state index contributed by atoms with van der Waals surface area (Å²) in [5.74, 6) is 1.21. The van der Waals surface area contributed by atoms with Gasteiger partial charge in [-0.25, -0.2) is 4.39 Å². The molecule has 1 unspecified atom stereocenters. The minimum atomic E-state index is -0.260. The molecular weight excluding hydrogens is 369 g/mol. The van der Waals surface area contributed by atoms with E-state index in [0.29, 0.717) is 18.3 Å². The highest BCUT2D eigenvalue weighted by atomic mass is 19.1. The van der Waals surface area contributed by atoms with Crippen molar-refractivity contribution < 1.29 is 18.7 Å². The number of benzene rings is 2. The molecule has 2 aliphatic rings. The van der Waals surface area contributed by atoms with Crippen LogP contribution in [0.1, 0.15) is 36.8 Å². The first-order valence-corrected chi connectivity index (χ1v) is 10.5. The molecule has 2 aromatic carbocycles. The van der Waals surface area contributed by atoms with Gasteiger partial charge in [-0.3, -0.25) is 4.79 Å². The Balaban J connectivity index is 1.22. The fraction of sp³-hybridized carbons (Fsp3) is 0.458. The van der Waals surface area contributed by atoms with Crippen LogP contribution in [0.2, 0.25) is 0 Å². The van der Waals surface area contributed by atoms with Gasteiger partial charge in [-0.05, 0) is 73.4 Å². The van der Waals surface area contributed by atoms with Crippen molar-refractivity contribution >= 4 is 5.91 Å². The molecule has 0 saturated carbocycles. The second kappa shape index (κ2) is 9.40. The molecule has 4 nitrogen and oxygen atoms in total. The van der Waals surface area contributed by atoms with Crippen LogP contribution in [0.5, 0.6) is 5.75 Å². The van der Waals surface area contributed by atoms with E-state index in [1.54, 1.807) is 12.1 Å². The van der Waals surface area contributed by atoms with E-state index >= 15 is 0 Å². The zero-order valence-electron chi connectivity index (χ0n) is 16.7. The van der Waals surface area contributed by atoms with Gasteiger partial charge in [0, 0.05) is 19.7 Å². The summed E-state index contributed by atoms with van der Waals surface area (Å²) in [7, 11) is 0. The topological polar surface area (TPSA) is 38.8 Å². The highest BCUT2D eigenvalue weighted by Gasteiger charge is 2.30.